The smallest absolute Gasteiger partial charge is 0.309 e. The molecule has 0 aliphatic rings. The minimum Gasteiger partial charge on any atom is -0.469 e. The summed E-state index contributed by atoms with van der Waals surface area (Å²) in [6, 6.07) is 0. The molecule has 0 aromatic carbocycles. The van der Waals surface area contributed by atoms with E-state index in [0.29, 0.717) is 18.3 Å². The maximum Gasteiger partial charge on any atom is 0.309 e. The largest absolute Gasteiger partial charge is 0.469 e. The first kappa shape index (κ1) is 14.7. The molecule has 4 heteroatoms. The molecule has 4 nitrogen and oxygen atoms in total. The number of hydrogen-bond donors (Lipinski definition) is 0. The average Bonchev–Trinajstić information content (AvgIpc) is 2.73. The zero-order valence-electron chi connectivity index (χ0n) is 12.0. The molecule has 1 aromatic heterocycles. The number of rotatable bonds is 6. The van der Waals surface area contributed by atoms with Gasteiger partial charge in [-0.25, -0.2) is 4.98 Å². The lowest BCUT2D eigenvalue weighted by atomic mass is 9.79. The van der Waals surface area contributed by atoms with E-state index in [0.717, 1.165) is 12.1 Å². The lowest BCUT2D eigenvalue weighted by molar-refractivity contribution is -0.148. The Morgan fingerprint density at radius 2 is 2.17 bits per heavy atom. The van der Waals surface area contributed by atoms with Gasteiger partial charge in [-0.05, 0) is 11.8 Å². The molecule has 2 unspecified atom stereocenters. The van der Waals surface area contributed by atoms with E-state index in [1.54, 1.807) is 6.33 Å². The van der Waals surface area contributed by atoms with Crippen LogP contribution in [0.3, 0.4) is 0 Å². The molecule has 0 saturated heterocycles. The Labute approximate surface area is 109 Å². The van der Waals surface area contributed by atoms with Gasteiger partial charge in [0.1, 0.15) is 0 Å². The second-order valence-corrected chi connectivity index (χ2v) is 5.18. The highest BCUT2D eigenvalue weighted by atomic mass is 16.5. The maximum absolute atomic E-state index is 12.0. The summed E-state index contributed by atoms with van der Waals surface area (Å²) in [6.07, 6.45) is 5.36. The summed E-state index contributed by atoms with van der Waals surface area (Å²) in [5.74, 6) is 0.568. The summed E-state index contributed by atoms with van der Waals surface area (Å²) < 4.78 is 6.85. The van der Waals surface area contributed by atoms with Crippen molar-refractivity contribution in [1.29, 1.82) is 0 Å². The van der Waals surface area contributed by atoms with E-state index in [-0.39, 0.29) is 11.9 Å². The second-order valence-electron chi connectivity index (χ2n) is 5.18. The van der Waals surface area contributed by atoms with Crippen LogP contribution in [0.15, 0.2) is 12.5 Å². The van der Waals surface area contributed by atoms with Gasteiger partial charge in [0, 0.05) is 19.7 Å². The van der Waals surface area contributed by atoms with Crippen LogP contribution in [0, 0.1) is 17.8 Å². The van der Waals surface area contributed by atoms with Gasteiger partial charge in [-0.2, -0.15) is 0 Å². The van der Waals surface area contributed by atoms with Crippen molar-refractivity contribution in [2.24, 2.45) is 24.8 Å². The molecule has 0 spiro atoms. The second kappa shape index (κ2) is 6.57. The molecular formula is C14H24N2O2. The van der Waals surface area contributed by atoms with Gasteiger partial charge in [0.25, 0.3) is 0 Å². The summed E-state index contributed by atoms with van der Waals surface area (Å²) in [6.45, 7) is 6.43. The molecule has 18 heavy (non-hydrogen) atoms. The van der Waals surface area contributed by atoms with Crippen molar-refractivity contribution in [2.45, 2.75) is 33.6 Å². The number of ether oxygens (including phenoxy) is 1. The molecule has 0 fully saturated rings. The van der Waals surface area contributed by atoms with E-state index in [1.807, 2.05) is 17.8 Å². The standard InChI is InChI=1S/C14H24N2O2/c1-6-12(10(2)3)13(14(17)18-5)7-11-8-16(4)9-15-11/h8-10,12-13H,6-7H2,1-5H3. The lowest BCUT2D eigenvalue weighted by Crippen LogP contribution is -2.30. The number of aryl methyl sites for hydroxylation is 1. The third kappa shape index (κ3) is 3.59. The summed E-state index contributed by atoms with van der Waals surface area (Å²) >= 11 is 0. The van der Waals surface area contributed by atoms with Crippen LogP contribution >= 0.6 is 0 Å². The highest BCUT2D eigenvalue weighted by molar-refractivity contribution is 5.73. The Kier molecular flexibility index (Phi) is 5.38. The first-order chi connectivity index (χ1) is 8.49. The van der Waals surface area contributed by atoms with Crippen molar-refractivity contribution in [3.05, 3.63) is 18.2 Å². The monoisotopic (exact) mass is 252 g/mol. The van der Waals surface area contributed by atoms with Crippen molar-refractivity contribution >= 4 is 5.97 Å². The highest BCUT2D eigenvalue weighted by Crippen LogP contribution is 2.28. The SMILES string of the molecule is CCC(C(C)C)C(Cc1cn(C)cn1)C(=O)OC. The summed E-state index contributed by atoms with van der Waals surface area (Å²) in [7, 11) is 3.39. The van der Waals surface area contributed by atoms with Gasteiger partial charge >= 0.3 is 5.97 Å². The van der Waals surface area contributed by atoms with E-state index in [2.05, 4.69) is 25.8 Å². The van der Waals surface area contributed by atoms with Crippen LogP contribution in [-0.2, 0) is 23.0 Å². The molecule has 0 saturated carbocycles. The zero-order valence-corrected chi connectivity index (χ0v) is 12.0. The number of aromatic nitrogens is 2. The summed E-state index contributed by atoms with van der Waals surface area (Å²) in [5, 5.41) is 0. The molecule has 0 amide bonds. The third-order valence-corrected chi connectivity index (χ3v) is 3.54. The predicted molar refractivity (Wildman–Crippen MR) is 71.0 cm³/mol. The fraction of sp³-hybridized carbons (Fsp3) is 0.714. The topological polar surface area (TPSA) is 44.1 Å². The van der Waals surface area contributed by atoms with E-state index < -0.39 is 0 Å². The number of imidazole rings is 1. The lowest BCUT2D eigenvalue weighted by Gasteiger charge is -2.26. The summed E-state index contributed by atoms with van der Waals surface area (Å²) in [4.78, 5) is 16.3. The van der Waals surface area contributed by atoms with Crippen LogP contribution in [-0.4, -0.2) is 22.6 Å². The average molecular weight is 252 g/mol. The fourth-order valence-electron chi connectivity index (χ4n) is 2.58. The van der Waals surface area contributed by atoms with Gasteiger partial charge < -0.3 is 9.30 Å². The number of carbonyl (C=O) groups is 1. The highest BCUT2D eigenvalue weighted by Gasteiger charge is 2.30. The molecule has 0 N–H and O–H groups in total. The number of nitrogens with zero attached hydrogens (tertiary/aromatic N) is 2. The Balaban J connectivity index is 2.87. The van der Waals surface area contributed by atoms with Crippen LogP contribution in [0.2, 0.25) is 0 Å². The van der Waals surface area contributed by atoms with Crippen LogP contribution in [0.25, 0.3) is 0 Å². The van der Waals surface area contributed by atoms with Crippen LogP contribution < -0.4 is 0 Å². The van der Waals surface area contributed by atoms with Gasteiger partial charge in [0.05, 0.1) is 25.0 Å². The van der Waals surface area contributed by atoms with Gasteiger partial charge in [0.2, 0.25) is 0 Å². The van der Waals surface area contributed by atoms with E-state index in [9.17, 15) is 4.79 Å². The van der Waals surface area contributed by atoms with Crippen LogP contribution in [0.5, 0.6) is 0 Å². The van der Waals surface area contributed by atoms with Gasteiger partial charge in [-0.15, -0.1) is 0 Å². The number of methoxy groups -OCH3 is 1. The Bertz CT molecular complexity index is 385. The first-order valence-corrected chi connectivity index (χ1v) is 6.54. The molecule has 0 bridgehead atoms. The van der Waals surface area contributed by atoms with Crippen LogP contribution in [0.1, 0.15) is 32.9 Å². The molecule has 0 aliphatic heterocycles. The zero-order chi connectivity index (χ0) is 13.7. The molecule has 1 rings (SSSR count). The predicted octanol–water partition coefficient (Wildman–Crippen LogP) is 2.43. The molecule has 2 atom stereocenters. The van der Waals surface area contributed by atoms with Crippen molar-refractivity contribution in [1.82, 2.24) is 9.55 Å². The van der Waals surface area contributed by atoms with Crippen molar-refractivity contribution in [3.8, 4) is 0 Å². The van der Waals surface area contributed by atoms with Crippen LogP contribution in [0.4, 0.5) is 0 Å². The third-order valence-electron chi connectivity index (χ3n) is 3.54. The van der Waals surface area contributed by atoms with E-state index >= 15 is 0 Å². The Morgan fingerprint density at radius 3 is 2.56 bits per heavy atom. The minimum atomic E-state index is -0.124. The molecule has 1 aromatic rings. The number of hydrogen-bond acceptors (Lipinski definition) is 3. The van der Waals surface area contributed by atoms with E-state index in [4.69, 9.17) is 4.74 Å². The molecular weight excluding hydrogens is 228 g/mol. The first-order valence-electron chi connectivity index (χ1n) is 6.54. The number of carbonyl (C=O) groups excluding carboxylic acids is 1. The van der Waals surface area contributed by atoms with Gasteiger partial charge in [-0.3, -0.25) is 4.79 Å². The molecule has 0 radical (unpaired) electrons. The fourth-order valence-corrected chi connectivity index (χ4v) is 2.58. The van der Waals surface area contributed by atoms with E-state index in [1.165, 1.54) is 7.11 Å². The number of esters is 1. The summed E-state index contributed by atoms with van der Waals surface area (Å²) in [5.41, 5.74) is 0.951. The molecule has 0 aliphatic carbocycles. The van der Waals surface area contributed by atoms with Crippen molar-refractivity contribution < 1.29 is 9.53 Å². The van der Waals surface area contributed by atoms with Crippen molar-refractivity contribution in [2.75, 3.05) is 7.11 Å². The molecule has 1 heterocycles. The maximum atomic E-state index is 12.0. The minimum absolute atomic E-state index is 0.102. The Morgan fingerprint density at radius 1 is 1.50 bits per heavy atom. The van der Waals surface area contributed by atoms with Gasteiger partial charge in [0.15, 0.2) is 0 Å². The van der Waals surface area contributed by atoms with Gasteiger partial charge in [-0.1, -0.05) is 27.2 Å². The Hall–Kier alpha value is -1.32. The normalized spacial score (nSPS) is 14.6. The quantitative estimate of drug-likeness (QED) is 0.730. The molecule has 102 valence electrons. The van der Waals surface area contributed by atoms with Crippen molar-refractivity contribution in [3.63, 3.8) is 0 Å².